The maximum atomic E-state index is 13.0. The summed E-state index contributed by atoms with van der Waals surface area (Å²) in [6.07, 6.45) is 5.01. The van der Waals surface area contributed by atoms with Crippen LogP contribution in [0.15, 0.2) is 45.9 Å². The molecular formula is C20H23ClN2O6S. The third kappa shape index (κ3) is 5.62. The molecule has 162 valence electrons. The van der Waals surface area contributed by atoms with Crippen LogP contribution in [-0.2, 0) is 26.1 Å². The van der Waals surface area contributed by atoms with Crippen LogP contribution in [0, 0.1) is 0 Å². The van der Waals surface area contributed by atoms with Gasteiger partial charge in [0.2, 0.25) is 10.0 Å². The Labute approximate surface area is 180 Å². The van der Waals surface area contributed by atoms with Crippen molar-refractivity contribution < 1.29 is 27.2 Å². The van der Waals surface area contributed by atoms with Crippen LogP contribution in [0.4, 0.5) is 0 Å². The quantitative estimate of drug-likeness (QED) is 0.644. The molecule has 0 aliphatic carbocycles. The summed E-state index contributed by atoms with van der Waals surface area (Å²) in [6, 6.07) is 7.31. The molecule has 1 aromatic carbocycles. The number of carbonyl (C=O) groups is 2. The van der Waals surface area contributed by atoms with Crippen LogP contribution in [0.2, 0.25) is 5.02 Å². The minimum atomic E-state index is -3.83. The first-order valence-electron chi connectivity index (χ1n) is 9.64. The molecule has 1 saturated heterocycles. The molecule has 2 heterocycles. The Morgan fingerprint density at radius 1 is 1.13 bits per heavy atom. The second-order valence-electron chi connectivity index (χ2n) is 6.90. The van der Waals surface area contributed by atoms with Gasteiger partial charge in [-0.3, -0.25) is 4.79 Å². The van der Waals surface area contributed by atoms with Crippen LogP contribution in [0.1, 0.15) is 41.8 Å². The van der Waals surface area contributed by atoms with Crippen molar-refractivity contribution in [1.82, 2.24) is 9.62 Å². The Kier molecular flexibility index (Phi) is 7.52. The lowest BCUT2D eigenvalue weighted by atomic mass is 10.2. The SMILES string of the molecule is O=C(COC(=O)c1ccc(Cl)c(S(=O)(=O)N2CCCCCC2)c1)NCc1ccco1. The van der Waals surface area contributed by atoms with E-state index in [0.717, 1.165) is 25.7 Å². The second kappa shape index (κ2) is 10.1. The van der Waals surface area contributed by atoms with E-state index in [1.807, 2.05) is 0 Å². The molecule has 0 radical (unpaired) electrons. The number of ether oxygens (including phenoxy) is 1. The molecule has 1 amide bonds. The van der Waals surface area contributed by atoms with Gasteiger partial charge in [0.25, 0.3) is 5.91 Å². The van der Waals surface area contributed by atoms with Crippen LogP contribution in [0.5, 0.6) is 0 Å². The third-order valence-corrected chi connectivity index (χ3v) is 7.10. The van der Waals surface area contributed by atoms with Crippen LogP contribution < -0.4 is 5.32 Å². The molecular weight excluding hydrogens is 432 g/mol. The van der Waals surface area contributed by atoms with Gasteiger partial charge in [-0.05, 0) is 43.2 Å². The predicted octanol–water partition coefficient (Wildman–Crippen LogP) is 2.97. The molecule has 1 fully saturated rings. The number of furan rings is 1. The minimum absolute atomic E-state index is 0.00614. The zero-order valence-electron chi connectivity index (χ0n) is 16.3. The van der Waals surface area contributed by atoms with Crippen LogP contribution in [0.25, 0.3) is 0 Å². The average Bonchev–Trinajstić information content (AvgIpc) is 3.10. The third-order valence-electron chi connectivity index (χ3n) is 4.72. The fourth-order valence-corrected chi connectivity index (χ4v) is 5.13. The molecule has 1 aliphatic rings. The van der Waals surface area contributed by atoms with E-state index >= 15 is 0 Å². The van der Waals surface area contributed by atoms with Gasteiger partial charge >= 0.3 is 5.97 Å². The van der Waals surface area contributed by atoms with Gasteiger partial charge in [-0.1, -0.05) is 24.4 Å². The molecule has 30 heavy (non-hydrogen) atoms. The largest absolute Gasteiger partial charge is 0.467 e. The second-order valence-corrected chi connectivity index (χ2v) is 9.21. The molecule has 3 rings (SSSR count). The van der Waals surface area contributed by atoms with Crippen molar-refractivity contribution in [3.05, 3.63) is 52.9 Å². The van der Waals surface area contributed by atoms with Crippen molar-refractivity contribution in [1.29, 1.82) is 0 Å². The highest BCUT2D eigenvalue weighted by molar-refractivity contribution is 7.89. The molecule has 1 aliphatic heterocycles. The van der Waals surface area contributed by atoms with E-state index in [1.54, 1.807) is 12.1 Å². The van der Waals surface area contributed by atoms with E-state index in [-0.39, 0.29) is 22.0 Å². The molecule has 0 spiro atoms. The van der Waals surface area contributed by atoms with Gasteiger partial charge in [-0.25, -0.2) is 13.2 Å². The van der Waals surface area contributed by atoms with E-state index in [4.69, 9.17) is 20.8 Å². The molecule has 1 aromatic heterocycles. The number of benzene rings is 1. The summed E-state index contributed by atoms with van der Waals surface area (Å²) in [5.41, 5.74) is 0.00614. The molecule has 1 N–H and O–H groups in total. The summed E-state index contributed by atoms with van der Waals surface area (Å²) >= 11 is 6.13. The summed E-state index contributed by atoms with van der Waals surface area (Å²) in [7, 11) is -3.83. The number of hydrogen-bond donors (Lipinski definition) is 1. The highest BCUT2D eigenvalue weighted by Crippen LogP contribution is 2.28. The standard InChI is InChI=1S/C20H23ClN2O6S/c21-17-8-7-15(12-18(17)30(26,27)23-9-3-1-2-4-10-23)20(25)29-14-19(24)22-13-16-6-5-11-28-16/h5-8,11-12H,1-4,9-10,13-14H2,(H,22,24). The smallest absolute Gasteiger partial charge is 0.338 e. The van der Waals surface area contributed by atoms with Crippen LogP contribution in [0.3, 0.4) is 0 Å². The lowest BCUT2D eigenvalue weighted by Gasteiger charge is -2.21. The number of halogens is 1. The van der Waals surface area contributed by atoms with E-state index in [0.29, 0.717) is 18.8 Å². The number of sulfonamides is 1. The van der Waals surface area contributed by atoms with Gasteiger partial charge in [-0.15, -0.1) is 0 Å². The Morgan fingerprint density at radius 3 is 2.53 bits per heavy atom. The molecule has 0 atom stereocenters. The number of hydrogen-bond acceptors (Lipinski definition) is 6. The number of carbonyl (C=O) groups excluding carboxylic acids is 2. The molecule has 2 aromatic rings. The van der Waals surface area contributed by atoms with E-state index < -0.39 is 28.5 Å². The van der Waals surface area contributed by atoms with Gasteiger partial charge < -0.3 is 14.5 Å². The molecule has 0 bridgehead atoms. The number of nitrogens with zero attached hydrogens (tertiary/aromatic N) is 1. The van der Waals surface area contributed by atoms with Crippen molar-refractivity contribution in [2.75, 3.05) is 19.7 Å². The highest BCUT2D eigenvalue weighted by atomic mass is 35.5. The van der Waals surface area contributed by atoms with Crippen LogP contribution >= 0.6 is 11.6 Å². The summed E-state index contributed by atoms with van der Waals surface area (Å²) in [4.78, 5) is 24.0. The highest BCUT2D eigenvalue weighted by Gasteiger charge is 2.28. The van der Waals surface area contributed by atoms with Gasteiger partial charge in [0.1, 0.15) is 10.7 Å². The summed E-state index contributed by atoms with van der Waals surface area (Å²) in [5.74, 6) is -0.756. The lowest BCUT2D eigenvalue weighted by molar-refractivity contribution is -0.124. The van der Waals surface area contributed by atoms with Crippen molar-refractivity contribution in [3.63, 3.8) is 0 Å². The number of esters is 1. The van der Waals surface area contributed by atoms with E-state index in [1.165, 1.54) is 28.8 Å². The van der Waals surface area contributed by atoms with Crippen molar-refractivity contribution >= 4 is 33.5 Å². The monoisotopic (exact) mass is 454 g/mol. The maximum absolute atomic E-state index is 13.0. The Bertz CT molecular complexity index is 983. The normalized spacial score (nSPS) is 15.4. The minimum Gasteiger partial charge on any atom is -0.467 e. The zero-order chi connectivity index (χ0) is 21.6. The topological polar surface area (TPSA) is 106 Å². The van der Waals surface area contributed by atoms with Gasteiger partial charge in [-0.2, -0.15) is 4.31 Å². The summed E-state index contributed by atoms with van der Waals surface area (Å²) in [5, 5.41) is 2.59. The van der Waals surface area contributed by atoms with Crippen LogP contribution in [-0.4, -0.2) is 44.3 Å². The number of amides is 1. The van der Waals surface area contributed by atoms with Gasteiger partial charge in [0.05, 0.1) is 23.4 Å². The van der Waals surface area contributed by atoms with Crippen molar-refractivity contribution in [2.45, 2.75) is 37.1 Å². The lowest BCUT2D eigenvalue weighted by Crippen LogP contribution is -2.32. The Hall–Kier alpha value is -2.36. The summed E-state index contributed by atoms with van der Waals surface area (Å²) in [6.45, 7) is 0.505. The predicted molar refractivity (Wildman–Crippen MR) is 110 cm³/mol. The Morgan fingerprint density at radius 2 is 1.87 bits per heavy atom. The molecule has 10 heteroatoms. The van der Waals surface area contributed by atoms with E-state index in [9.17, 15) is 18.0 Å². The summed E-state index contributed by atoms with van der Waals surface area (Å²) < 4.78 is 37.5. The van der Waals surface area contributed by atoms with Crippen molar-refractivity contribution in [3.8, 4) is 0 Å². The fourth-order valence-electron chi connectivity index (χ4n) is 3.11. The maximum Gasteiger partial charge on any atom is 0.338 e. The molecule has 8 nitrogen and oxygen atoms in total. The average molecular weight is 455 g/mol. The Balaban J connectivity index is 1.64. The first-order valence-corrected chi connectivity index (χ1v) is 11.5. The van der Waals surface area contributed by atoms with Gasteiger partial charge in [0.15, 0.2) is 6.61 Å². The number of rotatable bonds is 7. The zero-order valence-corrected chi connectivity index (χ0v) is 17.9. The van der Waals surface area contributed by atoms with E-state index in [2.05, 4.69) is 5.32 Å². The van der Waals surface area contributed by atoms with Crippen molar-refractivity contribution in [2.24, 2.45) is 0 Å². The van der Waals surface area contributed by atoms with Gasteiger partial charge in [0, 0.05) is 13.1 Å². The molecule has 0 unspecified atom stereocenters. The fraction of sp³-hybridized carbons (Fsp3) is 0.400. The first-order chi connectivity index (χ1) is 14.4. The number of nitrogens with one attached hydrogen (secondary N) is 1. The first kappa shape index (κ1) is 22.3. The molecule has 0 saturated carbocycles.